The van der Waals surface area contributed by atoms with E-state index < -0.39 is 0 Å². The van der Waals surface area contributed by atoms with E-state index >= 15 is 0 Å². The number of halogens is 1. The molecule has 174 valence electrons. The Balaban J connectivity index is 1.27. The van der Waals surface area contributed by atoms with Crippen LogP contribution in [0, 0.1) is 5.82 Å². The summed E-state index contributed by atoms with van der Waals surface area (Å²) in [6.45, 7) is 5.35. The Morgan fingerprint density at radius 3 is 2.03 bits per heavy atom. The van der Waals surface area contributed by atoms with Crippen LogP contribution in [0.1, 0.15) is 6.42 Å². The first-order valence-corrected chi connectivity index (χ1v) is 11.9. The number of hydrogen-bond donors (Lipinski definition) is 0. The van der Waals surface area contributed by atoms with Crippen LogP contribution in [0.15, 0.2) is 95.8 Å². The van der Waals surface area contributed by atoms with Crippen LogP contribution < -0.4 is 10.5 Å². The van der Waals surface area contributed by atoms with Crippen LogP contribution in [-0.4, -0.2) is 47.0 Å². The van der Waals surface area contributed by atoms with Gasteiger partial charge in [-0.3, -0.25) is 14.4 Å². The third-order valence-corrected chi connectivity index (χ3v) is 6.46. The van der Waals surface area contributed by atoms with Crippen LogP contribution in [0.5, 0.6) is 0 Å². The Labute approximate surface area is 199 Å². The monoisotopic (exact) mass is 456 g/mol. The van der Waals surface area contributed by atoms with Gasteiger partial charge in [-0.25, -0.2) is 9.07 Å². The number of piperazine rings is 1. The number of hydrogen-bond acceptors (Lipinski definition) is 3. The number of rotatable bonds is 7. The lowest BCUT2D eigenvalue weighted by molar-refractivity contribution is 0.247. The molecule has 34 heavy (non-hydrogen) atoms. The Bertz CT molecular complexity index is 1260. The average molecular weight is 457 g/mol. The predicted octanol–water partition coefficient (Wildman–Crippen LogP) is 4.66. The number of nitrogens with zero attached hydrogens (tertiary/aromatic N) is 4. The van der Waals surface area contributed by atoms with Crippen LogP contribution in [0.25, 0.3) is 16.9 Å². The van der Waals surface area contributed by atoms with Crippen LogP contribution in [0.3, 0.4) is 0 Å². The third kappa shape index (κ3) is 4.82. The minimum absolute atomic E-state index is 0.0174. The van der Waals surface area contributed by atoms with Crippen molar-refractivity contribution in [2.24, 2.45) is 0 Å². The molecule has 0 radical (unpaired) electrons. The lowest BCUT2D eigenvalue weighted by Crippen LogP contribution is -2.46. The highest BCUT2D eigenvalue weighted by molar-refractivity contribution is 5.61. The van der Waals surface area contributed by atoms with Crippen molar-refractivity contribution >= 4 is 5.69 Å². The standard InChI is InChI=1S/C28H29FN4O/c29-24-12-14-25(15-13-24)31-20-18-30(19-21-31)16-7-17-32-28(34)22-27(23-8-3-1-4-9-23)33(32)26-10-5-2-6-11-26/h1-6,8-15,22H,7,16-21H2. The van der Waals surface area contributed by atoms with Crippen molar-refractivity contribution in [3.8, 4) is 16.9 Å². The van der Waals surface area contributed by atoms with Gasteiger partial charge in [-0.1, -0.05) is 48.5 Å². The Morgan fingerprint density at radius 1 is 0.706 bits per heavy atom. The molecule has 0 aliphatic carbocycles. The second-order valence-corrected chi connectivity index (χ2v) is 8.66. The maximum absolute atomic E-state index is 13.2. The Hall–Kier alpha value is -3.64. The predicted molar refractivity (Wildman–Crippen MR) is 135 cm³/mol. The normalized spacial score (nSPS) is 14.4. The van der Waals surface area contributed by atoms with Crippen molar-refractivity contribution in [1.29, 1.82) is 0 Å². The van der Waals surface area contributed by atoms with Crippen molar-refractivity contribution in [2.45, 2.75) is 13.0 Å². The van der Waals surface area contributed by atoms with E-state index in [1.54, 1.807) is 6.07 Å². The molecule has 0 spiro atoms. The molecule has 1 fully saturated rings. The zero-order valence-electron chi connectivity index (χ0n) is 19.2. The molecule has 5 rings (SSSR count). The van der Waals surface area contributed by atoms with Crippen molar-refractivity contribution in [3.05, 3.63) is 107 Å². The van der Waals surface area contributed by atoms with Crippen LogP contribution in [-0.2, 0) is 6.54 Å². The molecular formula is C28H29FN4O. The molecule has 0 N–H and O–H groups in total. The van der Waals surface area contributed by atoms with E-state index in [0.717, 1.165) is 61.8 Å². The average Bonchev–Trinajstić information content (AvgIpc) is 3.22. The smallest absolute Gasteiger partial charge is 0.267 e. The van der Waals surface area contributed by atoms with Gasteiger partial charge in [-0.2, -0.15) is 0 Å². The van der Waals surface area contributed by atoms with Gasteiger partial charge in [0.2, 0.25) is 0 Å². The molecule has 0 atom stereocenters. The van der Waals surface area contributed by atoms with Gasteiger partial charge >= 0.3 is 0 Å². The Kier molecular flexibility index (Phi) is 6.58. The number of benzene rings is 3. The summed E-state index contributed by atoms with van der Waals surface area (Å²) < 4.78 is 17.1. The van der Waals surface area contributed by atoms with Gasteiger partial charge in [0.05, 0.1) is 11.4 Å². The summed E-state index contributed by atoms with van der Waals surface area (Å²) in [7, 11) is 0. The van der Waals surface area contributed by atoms with Gasteiger partial charge < -0.3 is 4.90 Å². The summed E-state index contributed by atoms with van der Waals surface area (Å²) in [4.78, 5) is 17.8. The molecule has 3 aromatic carbocycles. The molecule has 6 heteroatoms. The fraction of sp³-hybridized carbons (Fsp3) is 0.250. The largest absolute Gasteiger partial charge is 0.369 e. The third-order valence-electron chi connectivity index (χ3n) is 6.46. The van der Waals surface area contributed by atoms with Gasteiger partial charge in [-0.15, -0.1) is 0 Å². The molecule has 1 saturated heterocycles. The van der Waals surface area contributed by atoms with E-state index in [1.165, 1.54) is 12.1 Å². The number of anilines is 1. The summed E-state index contributed by atoms with van der Waals surface area (Å²) in [5.74, 6) is -0.201. The van der Waals surface area contributed by atoms with Gasteiger partial charge in [0, 0.05) is 56.6 Å². The highest BCUT2D eigenvalue weighted by Crippen LogP contribution is 2.22. The quantitative estimate of drug-likeness (QED) is 0.406. The summed E-state index contributed by atoms with van der Waals surface area (Å²) in [6, 6.07) is 28.6. The van der Waals surface area contributed by atoms with E-state index in [-0.39, 0.29) is 11.4 Å². The van der Waals surface area contributed by atoms with Crippen LogP contribution >= 0.6 is 0 Å². The highest BCUT2D eigenvalue weighted by atomic mass is 19.1. The zero-order valence-corrected chi connectivity index (χ0v) is 19.2. The van der Waals surface area contributed by atoms with E-state index in [0.29, 0.717) is 6.54 Å². The molecule has 2 heterocycles. The SMILES string of the molecule is O=c1cc(-c2ccccc2)n(-c2ccccc2)n1CCCN1CCN(c2ccc(F)cc2)CC1. The second-order valence-electron chi connectivity index (χ2n) is 8.66. The fourth-order valence-corrected chi connectivity index (χ4v) is 4.68. The van der Waals surface area contributed by atoms with E-state index in [4.69, 9.17) is 0 Å². The summed E-state index contributed by atoms with van der Waals surface area (Å²) in [5.41, 5.74) is 4.01. The molecule has 0 amide bonds. The minimum atomic E-state index is -0.201. The van der Waals surface area contributed by atoms with Crippen molar-refractivity contribution in [2.75, 3.05) is 37.6 Å². The van der Waals surface area contributed by atoms with Crippen LogP contribution in [0.4, 0.5) is 10.1 Å². The van der Waals surface area contributed by atoms with Gasteiger partial charge in [0.25, 0.3) is 5.56 Å². The zero-order chi connectivity index (χ0) is 23.3. The fourth-order valence-electron chi connectivity index (χ4n) is 4.68. The lowest BCUT2D eigenvalue weighted by Gasteiger charge is -2.36. The number of para-hydroxylation sites is 1. The van der Waals surface area contributed by atoms with E-state index in [9.17, 15) is 9.18 Å². The van der Waals surface area contributed by atoms with Gasteiger partial charge in [0.15, 0.2) is 0 Å². The molecule has 0 saturated carbocycles. The summed E-state index contributed by atoms with van der Waals surface area (Å²) in [6.07, 6.45) is 0.890. The first-order chi connectivity index (χ1) is 16.7. The number of aromatic nitrogens is 2. The van der Waals surface area contributed by atoms with Crippen molar-refractivity contribution in [1.82, 2.24) is 14.3 Å². The van der Waals surface area contributed by atoms with Gasteiger partial charge in [-0.05, 0) is 42.8 Å². The topological polar surface area (TPSA) is 33.4 Å². The van der Waals surface area contributed by atoms with E-state index in [1.807, 2.05) is 82.2 Å². The molecule has 5 nitrogen and oxygen atoms in total. The minimum Gasteiger partial charge on any atom is -0.369 e. The van der Waals surface area contributed by atoms with Crippen molar-refractivity contribution < 1.29 is 4.39 Å². The highest BCUT2D eigenvalue weighted by Gasteiger charge is 2.18. The Morgan fingerprint density at radius 2 is 1.35 bits per heavy atom. The summed E-state index contributed by atoms with van der Waals surface area (Å²) in [5, 5.41) is 0. The second kappa shape index (κ2) is 10.1. The summed E-state index contributed by atoms with van der Waals surface area (Å²) >= 11 is 0. The molecular weight excluding hydrogens is 427 g/mol. The lowest BCUT2D eigenvalue weighted by atomic mass is 10.1. The van der Waals surface area contributed by atoms with Gasteiger partial charge in [0.1, 0.15) is 5.82 Å². The van der Waals surface area contributed by atoms with Crippen LogP contribution in [0.2, 0.25) is 0 Å². The molecule has 0 unspecified atom stereocenters. The first-order valence-electron chi connectivity index (χ1n) is 11.9. The molecule has 1 aliphatic heterocycles. The van der Waals surface area contributed by atoms with E-state index in [2.05, 4.69) is 9.80 Å². The maximum atomic E-state index is 13.2. The van der Waals surface area contributed by atoms with Crippen molar-refractivity contribution in [3.63, 3.8) is 0 Å². The molecule has 0 bridgehead atoms. The first kappa shape index (κ1) is 22.2. The molecule has 1 aliphatic rings. The molecule has 1 aromatic heterocycles. The molecule has 4 aromatic rings. The maximum Gasteiger partial charge on any atom is 0.267 e.